The number of rotatable bonds is 8. The number of aromatic hydroxyl groups is 2. The van der Waals surface area contributed by atoms with E-state index in [1.54, 1.807) is 12.2 Å². The number of hydrogen-bond acceptors (Lipinski definition) is 5. The average Bonchev–Trinajstić information content (AvgIpc) is 2.67. The fourth-order valence-electron chi connectivity index (χ4n) is 3.30. The third-order valence-electron chi connectivity index (χ3n) is 5.08. The summed E-state index contributed by atoms with van der Waals surface area (Å²) < 4.78 is 0. The van der Waals surface area contributed by atoms with E-state index < -0.39 is 5.78 Å². The Morgan fingerprint density at radius 3 is 2.47 bits per heavy atom. The first kappa shape index (κ1) is 23.1. The van der Waals surface area contributed by atoms with Gasteiger partial charge in [-0.2, -0.15) is 0 Å². The van der Waals surface area contributed by atoms with Crippen molar-refractivity contribution < 1.29 is 25.2 Å². The quantitative estimate of drug-likeness (QED) is 0.238. The van der Waals surface area contributed by atoms with E-state index in [1.165, 1.54) is 35.4 Å². The Morgan fingerprint density at radius 2 is 1.80 bits per heavy atom. The molecule has 1 aliphatic rings. The molecule has 0 saturated carbocycles. The van der Waals surface area contributed by atoms with Crippen LogP contribution in [-0.2, 0) is 0 Å². The predicted molar refractivity (Wildman–Crippen MR) is 119 cm³/mol. The summed E-state index contributed by atoms with van der Waals surface area (Å²) >= 11 is 0. The number of benzene rings is 1. The van der Waals surface area contributed by atoms with Crippen molar-refractivity contribution in [3.63, 3.8) is 0 Å². The molecule has 160 valence electrons. The summed E-state index contributed by atoms with van der Waals surface area (Å²) in [5, 5.41) is 39.5. The van der Waals surface area contributed by atoms with Crippen molar-refractivity contribution in [1.29, 1.82) is 0 Å². The van der Waals surface area contributed by atoms with Gasteiger partial charge in [0.05, 0.1) is 5.56 Å². The van der Waals surface area contributed by atoms with E-state index in [0.29, 0.717) is 6.42 Å². The van der Waals surface area contributed by atoms with Gasteiger partial charge >= 0.3 is 0 Å². The van der Waals surface area contributed by atoms with Crippen LogP contribution in [0.5, 0.6) is 11.5 Å². The molecule has 1 aromatic carbocycles. The monoisotopic (exact) mass is 410 g/mol. The topological polar surface area (TPSA) is 98.0 Å². The summed E-state index contributed by atoms with van der Waals surface area (Å²) in [6.45, 7) is 6.17. The van der Waals surface area contributed by atoms with Crippen molar-refractivity contribution >= 4 is 5.78 Å². The van der Waals surface area contributed by atoms with E-state index in [-0.39, 0.29) is 40.4 Å². The van der Waals surface area contributed by atoms with Gasteiger partial charge in [0.15, 0.2) is 11.5 Å². The number of hydrogen-bond donors (Lipinski definition) is 4. The van der Waals surface area contributed by atoms with Crippen LogP contribution in [0.25, 0.3) is 0 Å². The van der Waals surface area contributed by atoms with Gasteiger partial charge in [-0.05, 0) is 64.3 Å². The highest BCUT2D eigenvalue weighted by Gasteiger charge is 2.26. The molecule has 2 rings (SSSR count). The highest BCUT2D eigenvalue weighted by atomic mass is 16.3. The van der Waals surface area contributed by atoms with Gasteiger partial charge in [0.25, 0.3) is 0 Å². The number of aliphatic hydroxyl groups excluding tert-OH is 2. The molecular weight excluding hydrogens is 380 g/mol. The molecular formula is C25H30O5. The van der Waals surface area contributed by atoms with E-state index in [1.807, 2.05) is 6.92 Å². The lowest BCUT2D eigenvalue weighted by molar-refractivity contribution is 0.104. The maximum Gasteiger partial charge on any atom is 0.189 e. The second kappa shape index (κ2) is 10.5. The first-order valence-electron chi connectivity index (χ1n) is 10.0. The normalized spacial score (nSPS) is 19.4. The van der Waals surface area contributed by atoms with Crippen LogP contribution in [0.4, 0.5) is 0 Å². The SMILES string of the molecule is CC(C)=CCC/C(C)=C/CC1C(O)=C(O)C=CC1C=CC(=O)c1ccc(O)cc1O. The molecule has 0 saturated heterocycles. The van der Waals surface area contributed by atoms with Gasteiger partial charge in [0, 0.05) is 17.9 Å². The molecule has 5 nitrogen and oxygen atoms in total. The molecule has 0 bridgehead atoms. The van der Waals surface area contributed by atoms with Crippen LogP contribution in [-0.4, -0.2) is 26.2 Å². The Balaban J connectivity index is 2.13. The highest BCUT2D eigenvalue weighted by molar-refractivity contribution is 6.06. The summed E-state index contributed by atoms with van der Waals surface area (Å²) in [5.41, 5.74) is 2.56. The summed E-state index contributed by atoms with van der Waals surface area (Å²) in [5.74, 6) is -1.76. The first-order chi connectivity index (χ1) is 14.2. The molecule has 0 aromatic heterocycles. The van der Waals surface area contributed by atoms with E-state index in [2.05, 4.69) is 26.0 Å². The Kier molecular flexibility index (Phi) is 8.10. The van der Waals surface area contributed by atoms with E-state index in [0.717, 1.165) is 18.9 Å². The fourth-order valence-corrected chi connectivity index (χ4v) is 3.30. The van der Waals surface area contributed by atoms with Gasteiger partial charge in [0.1, 0.15) is 17.3 Å². The van der Waals surface area contributed by atoms with Crippen molar-refractivity contribution in [1.82, 2.24) is 0 Å². The highest BCUT2D eigenvalue weighted by Crippen LogP contribution is 2.33. The maximum atomic E-state index is 12.4. The lowest BCUT2D eigenvalue weighted by Crippen LogP contribution is -2.18. The third kappa shape index (κ3) is 6.41. The maximum absolute atomic E-state index is 12.4. The molecule has 0 spiro atoms. The minimum Gasteiger partial charge on any atom is -0.508 e. The van der Waals surface area contributed by atoms with Crippen molar-refractivity contribution in [2.45, 2.75) is 40.0 Å². The standard InChI is InChI=1S/C25H30O5/c1-16(2)5-4-6-17(3)7-11-20-18(9-14-23(28)25(20)30)8-13-22(27)21-12-10-19(26)15-24(21)29/h5,7-10,12-15,18,20,26,28-30H,4,6,11H2,1-3H3/b13-8?,17-7+. The van der Waals surface area contributed by atoms with E-state index in [4.69, 9.17) is 0 Å². The van der Waals surface area contributed by atoms with Crippen LogP contribution in [0.15, 0.2) is 77.3 Å². The average molecular weight is 411 g/mol. The molecule has 0 amide bonds. The summed E-state index contributed by atoms with van der Waals surface area (Å²) in [6, 6.07) is 3.80. The molecule has 0 radical (unpaired) electrons. The molecule has 4 N–H and O–H groups in total. The zero-order valence-electron chi connectivity index (χ0n) is 17.7. The molecule has 2 atom stereocenters. The van der Waals surface area contributed by atoms with Crippen LogP contribution in [0, 0.1) is 11.8 Å². The van der Waals surface area contributed by atoms with Gasteiger partial charge in [-0.3, -0.25) is 4.79 Å². The number of carbonyl (C=O) groups is 1. The van der Waals surface area contributed by atoms with Gasteiger partial charge in [-0.1, -0.05) is 35.5 Å². The zero-order valence-corrected chi connectivity index (χ0v) is 17.7. The smallest absolute Gasteiger partial charge is 0.189 e. The van der Waals surface area contributed by atoms with Gasteiger partial charge in [0.2, 0.25) is 0 Å². The summed E-state index contributed by atoms with van der Waals surface area (Å²) in [7, 11) is 0. The molecule has 1 aromatic rings. The second-order valence-electron chi connectivity index (χ2n) is 7.84. The van der Waals surface area contributed by atoms with Crippen molar-refractivity contribution in [2.75, 3.05) is 0 Å². The fraction of sp³-hybridized carbons (Fsp3) is 0.320. The summed E-state index contributed by atoms with van der Waals surface area (Å²) in [4.78, 5) is 12.4. The molecule has 30 heavy (non-hydrogen) atoms. The van der Waals surface area contributed by atoms with Crippen LogP contribution in [0.3, 0.4) is 0 Å². The Labute approximate surface area is 177 Å². The Morgan fingerprint density at radius 1 is 1.07 bits per heavy atom. The van der Waals surface area contributed by atoms with Crippen LogP contribution >= 0.6 is 0 Å². The molecule has 0 aliphatic heterocycles. The van der Waals surface area contributed by atoms with Crippen molar-refractivity contribution in [2.24, 2.45) is 11.8 Å². The Bertz CT molecular complexity index is 927. The number of ketones is 1. The largest absolute Gasteiger partial charge is 0.508 e. The minimum atomic E-state index is -0.411. The second-order valence-corrected chi connectivity index (χ2v) is 7.84. The number of allylic oxidation sites excluding steroid dienone is 9. The zero-order chi connectivity index (χ0) is 22.3. The van der Waals surface area contributed by atoms with E-state index in [9.17, 15) is 25.2 Å². The lowest BCUT2D eigenvalue weighted by Gasteiger charge is -2.24. The number of phenols is 2. The molecule has 2 unspecified atom stereocenters. The predicted octanol–water partition coefficient (Wildman–Crippen LogP) is 6.05. The molecule has 5 heteroatoms. The molecule has 0 fully saturated rings. The van der Waals surface area contributed by atoms with Gasteiger partial charge in [-0.15, -0.1) is 0 Å². The van der Waals surface area contributed by atoms with Crippen molar-refractivity contribution in [3.8, 4) is 11.5 Å². The van der Waals surface area contributed by atoms with Crippen LogP contribution in [0.1, 0.15) is 50.4 Å². The molecule has 1 aliphatic carbocycles. The van der Waals surface area contributed by atoms with E-state index >= 15 is 0 Å². The minimum absolute atomic E-state index is 0.0815. The van der Waals surface area contributed by atoms with Gasteiger partial charge in [-0.25, -0.2) is 0 Å². The number of phenolic OH excluding ortho intramolecular Hbond substituents is 2. The van der Waals surface area contributed by atoms with Gasteiger partial charge < -0.3 is 20.4 Å². The summed E-state index contributed by atoms with van der Waals surface area (Å²) in [6.07, 6.45) is 12.8. The van der Waals surface area contributed by atoms with Crippen molar-refractivity contribution in [3.05, 3.63) is 82.9 Å². The first-order valence-corrected chi connectivity index (χ1v) is 10.0. The van der Waals surface area contributed by atoms with Crippen LogP contribution < -0.4 is 0 Å². The number of carbonyl (C=O) groups excluding carboxylic acids is 1. The number of aliphatic hydroxyl groups is 2. The lowest BCUT2D eigenvalue weighted by atomic mass is 9.82. The third-order valence-corrected chi connectivity index (χ3v) is 5.08. The van der Waals surface area contributed by atoms with Crippen LogP contribution in [0.2, 0.25) is 0 Å². The molecule has 0 heterocycles. The Hall–Kier alpha value is -3.21.